The van der Waals surface area contributed by atoms with Gasteiger partial charge in [-0.2, -0.15) is 0 Å². The lowest BCUT2D eigenvalue weighted by molar-refractivity contribution is 0.278. The molecule has 2 aromatic rings. The summed E-state index contributed by atoms with van der Waals surface area (Å²) in [6.07, 6.45) is 1.54. The van der Waals surface area contributed by atoms with E-state index < -0.39 is 5.82 Å². The number of aromatic nitrogens is 1. The number of halogens is 2. The Hall–Kier alpha value is -1.69. The third-order valence-corrected chi connectivity index (χ3v) is 3.51. The number of nitrogens with one attached hydrogen (secondary N) is 1. The quantitative estimate of drug-likeness (QED) is 0.794. The Balaban J connectivity index is 2.06. The predicted octanol–water partition coefficient (Wildman–Crippen LogP) is 2.67. The number of aliphatic hydroxyl groups is 1. The van der Waals surface area contributed by atoms with E-state index in [1.54, 1.807) is 25.3 Å². The predicted molar refractivity (Wildman–Crippen MR) is 78.5 cm³/mol. The van der Waals surface area contributed by atoms with Gasteiger partial charge >= 0.3 is 0 Å². The molecule has 112 valence electrons. The number of rotatable bonds is 5. The minimum absolute atomic E-state index is 0.0752. The van der Waals surface area contributed by atoms with Crippen LogP contribution in [0.5, 0.6) is 5.75 Å². The van der Waals surface area contributed by atoms with Crippen LogP contribution < -0.4 is 5.32 Å². The van der Waals surface area contributed by atoms with E-state index in [1.165, 1.54) is 6.07 Å². The van der Waals surface area contributed by atoms with E-state index >= 15 is 0 Å². The van der Waals surface area contributed by atoms with Gasteiger partial charge in [-0.05, 0) is 24.6 Å². The molecule has 4 nitrogen and oxygen atoms in total. The highest BCUT2D eigenvalue weighted by atomic mass is 35.5. The third-order valence-electron chi connectivity index (χ3n) is 3.22. The Bertz CT molecular complexity index is 650. The van der Waals surface area contributed by atoms with Gasteiger partial charge in [-0.15, -0.1) is 0 Å². The number of nitrogens with zero attached hydrogens (tertiary/aromatic N) is 1. The van der Waals surface area contributed by atoms with Gasteiger partial charge in [0.15, 0.2) is 0 Å². The fourth-order valence-corrected chi connectivity index (χ4v) is 2.20. The van der Waals surface area contributed by atoms with Crippen molar-refractivity contribution in [3.63, 3.8) is 0 Å². The maximum absolute atomic E-state index is 13.1. The number of aromatic hydroxyl groups is 1. The van der Waals surface area contributed by atoms with E-state index in [0.29, 0.717) is 29.9 Å². The van der Waals surface area contributed by atoms with Crippen LogP contribution in [0.4, 0.5) is 4.39 Å². The fraction of sp³-hybridized carbons (Fsp3) is 0.267. The molecule has 0 spiro atoms. The Kier molecular flexibility index (Phi) is 5.12. The average Bonchev–Trinajstić information content (AvgIpc) is 2.47. The number of hydrogen-bond acceptors (Lipinski definition) is 4. The van der Waals surface area contributed by atoms with Crippen LogP contribution >= 0.6 is 11.6 Å². The summed E-state index contributed by atoms with van der Waals surface area (Å²) in [4.78, 5) is 4.00. The molecule has 21 heavy (non-hydrogen) atoms. The van der Waals surface area contributed by atoms with Gasteiger partial charge in [0.05, 0.1) is 17.3 Å². The van der Waals surface area contributed by atoms with E-state index in [9.17, 15) is 14.6 Å². The maximum atomic E-state index is 13.1. The van der Waals surface area contributed by atoms with Crippen LogP contribution in [0.1, 0.15) is 22.4 Å². The van der Waals surface area contributed by atoms with Crippen molar-refractivity contribution in [2.45, 2.75) is 26.6 Å². The van der Waals surface area contributed by atoms with E-state index in [0.717, 1.165) is 5.56 Å². The molecule has 6 heteroatoms. The van der Waals surface area contributed by atoms with Crippen molar-refractivity contribution in [1.82, 2.24) is 10.3 Å². The van der Waals surface area contributed by atoms with Crippen LogP contribution in [0.3, 0.4) is 0 Å². The SMILES string of the molecule is Cc1ncc(CO)c(CNCc2ccc(F)c(Cl)c2)c1O. The molecule has 0 aliphatic carbocycles. The van der Waals surface area contributed by atoms with Gasteiger partial charge in [-0.25, -0.2) is 4.39 Å². The minimum Gasteiger partial charge on any atom is -0.506 e. The van der Waals surface area contributed by atoms with Crippen molar-refractivity contribution in [2.24, 2.45) is 0 Å². The lowest BCUT2D eigenvalue weighted by atomic mass is 10.1. The molecular formula is C15H16ClFN2O2. The van der Waals surface area contributed by atoms with Crippen molar-refractivity contribution in [1.29, 1.82) is 0 Å². The number of aliphatic hydroxyl groups excluding tert-OH is 1. The number of pyridine rings is 1. The highest BCUT2D eigenvalue weighted by Crippen LogP contribution is 2.24. The second kappa shape index (κ2) is 6.85. The molecule has 0 unspecified atom stereocenters. The molecule has 0 bridgehead atoms. The number of benzene rings is 1. The van der Waals surface area contributed by atoms with E-state index in [-0.39, 0.29) is 17.4 Å². The number of aryl methyl sites for hydroxylation is 1. The van der Waals surface area contributed by atoms with Crippen molar-refractivity contribution in [3.8, 4) is 5.75 Å². The standard InChI is InChI=1S/C15H16ClFN2O2/c1-9-15(21)12(11(8-20)6-19-9)7-18-5-10-2-3-14(17)13(16)4-10/h2-4,6,18,20-21H,5,7-8H2,1H3. The summed E-state index contributed by atoms with van der Waals surface area (Å²) in [5, 5.41) is 22.5. The van der Waals surface area contributed by atoms with Crippen molar-refractivity contribution < 1.29 is 14.6 Å². The van der Waals surface area contributed by atoms with Crippen molar-refractivity contribution in [2.75, 3.05) is 0 Å². The number of hydrogen-bond donors (Lipinski definition) is 3. The molecule has 1 heterocycles. The molecule has 1 aromatic carbocycles. The molecule has 0 radical (unpaired) electrons. The van der Waals surface area contributed by atoms with E-state index in [4.69, 9.17) is 11.6 Å². The molecule has 0 saturated heterocycles. The molecule has 3 N–H and O–H groups in total. The molecule has 0 fully saturated rings. The Labute approximate surface area is 127 Å². The normalized spacial score (nSPS) is 10.9. The van der Waals surface area contributed by atoms with Gasteiger partial charge in [-0.3, -0.25) is 4.98 Å². The summed E-state index contributed by atoms with van der Waals surface area (Å²) in [5.41, 5.74) is 2.52. The minimum atomic E-state index is -0.453. The topological polar surface area (TPSA) is 65.4 Å². The van der Waals surface area contributed by atoms with E-state index in [1.807, 2.05) is 0 Å². The molecule has 1 aromatic heterocycles. The van der Waals surface area contributed by atoms with E-state index in [2.05, 4.69) is 10.3 Å². The lowest BCUT2D eigenvalue weighted by Gasteiger charge is -2.12. The zero-order valence-electron chi connectivity index (χ0n) is 11.5. The summed E-state index contributed by atoms with van der Waals surface area (Å²) >= 11 is 5.72. The van der Waals surface area contributed by atoms with Gasteiger partial charge in [0.25, 0.3) is 0 Å². The zero-order valence-corrected chi connectivity index (χ0v) is 12.3. The average molecular weight is 311 g/mol. The van der Waals surface area contributed by atoms with Crippen LogP contribution in [0, 0.1) is 12.7 Å². The van der Waals surface area contributed by atoms with Crippen molar-refractivity contribution in [3.05, 3.63) is 57.6 Å². The first-order valence-electron chi connectivity index (χ1n) is 6.44. The molecule has 0 saturated carbocycles. The van der Waals surface area contributed by atoms with Gasteiger partial charge < -0.3 is 15.5 Å². The summed E-state index contributed by atoms with van der Waals surface area (Å²) < 4.78 is 13.1. The first kappa shape index (κ1) is 15.7. The Morgan fingerprint density at radius 1 is 1.33 bits per heavy atom. The van der Waals surface area contributed by atoms with Crippen LogP contribution in [-0.2, 0) is 19.7 Å². The smallest absolute Gasteiger partial charge is 0.141 e. The Morgan fingerprint density at radius 3 is 2.76 bits per heavy atom. The van der Waals surface area contributed by atoms with Crippen LogP contribution in [0.25, 0.3) is 0 Å². The monoisotopic (exact) mass is 310 g/mol. The molecule has 0 aliphatic heterocycles. The van der Waals surface area contributed by atoms with Crippen LogP contribution in [0.15, 0.2) is 24.4 Å². The Morgan fingerprint density at radius 2 is 2.10 bits per heavy atom. The van der Waals surface area contributed by atoms with Gasteiger partial charge in [0, 0.05) is 30.4 Å². The molecule has 0 amide bonds. The van der Waals surface area contributed by atoms with Crippen LogP contribution in [0.2, 0.25) is 5.02 Å². The molecule has 0 aliphatic rings. The molecule has 0 atom stereocenters. The highest BCUT2D eigenvalue weighted by molar-refractivity contribution is 6.30. The first-order valence-corrected chi connectivity index (χ1v) is 6.82. The third kappa shape index (κ3) is 3.69. The van der Waals surface area contributed by atoms with Crippen LogP contribution in [-0.4, -0.2) is 15.2 Å². The van der Waals surface area contributed by atoms with Gasteiger partial charge in [0.1, 0.15) is 11.6 Å². The van der Waals surface area contributed by atoms with Crippen molar-refractivity contribution >= 4 is 11.6 Å². The zero-order chi connectivity index (χ0) is 15.4. The molecular weight excluding hydrogens is 295 g/mol. The van der Waals surface area contributed by atoms with Gasteiger partial charge in [0.2, 0.25) is 0 Å². The largest absolute Gasteiger partial charge is 0.506 e. The summed E-state index contributed by atoms with van der Waals surface area (Å²) in [7, 11) is 0. The maximum Gasteiger partial charge on any atom is 0.141 e. The lowest BCUT2D eigenvalue weighted by Crippen LogP contribution is -2.15. The second-order valence-electron chi connectivity index (χ2n) is 4.71. The summed E-state index contributed by atoms with van der Waals surface area (Å²) in [6.45, 7) is 2.33. The molecule has 2 rings (SSSR count). The van der Waals surface area contributed by atoms with Gasteiger partial charge in [-0.1, -0.05) is 17.7 Å². The first-order chi connectivity index (χ1) is 10.0. The summed E-state index contributed by atoms with van der Waals surface area (Å²) in [5.74, 6) is -0.378. The summed E-state index contributed by atoms with van der Waals surface area (Å²) in [6, 6.07) is 4.50. The fourth-order valence-electron chi connectivity index (χ4n) is 2.00. The second-order valence-corrected chi connectivity index (χ2v) is 5.11. The highest BCUT2D eigenvalue weighted by Gasteiger charge is 2.11.